The average Bonchev–Trinajstić information content (AvgIpc) is 2.41. The van der Waals surface area contributed by atoms with Crippen LogP contribution >= 0.6 is 0 Å². The highest BCUT2D eigenvalue weighted by atomic mass is 14.9. The monoisotopic (exact) mass is 287 g/mol. The molecule has 1 aromatic carbocycles. The van der Waals surface area contributed by atoms with E-state index in [1.807, 2.05) is 0 Å². The number of benzene rings is 1. The van der Waals surface area contributed by atoms with Crippen molar-refractivity contribution >= 4 is 0 Å². The number of hydrogen-bond donors (Lipinski definition) is 1. The number of rotatable bonds is 5. The van der Waals surface area contributed by atoms with E-state index in [1.165, 1.54) is 48.8 Å². The summed E-state index contributed by atoms with van der Waals surface area (Å²) in [4.78, 5) is 0. The summed E-state index contributed by atoms with van der Waals surface area (Å²) in [5.74, 6) is 1.76. The van der Waals surface area contributed by atoms with Crippen molar-refractivity contribution in [1.29, 1.82) is 0 Å². The molecule has 3 unspecified atom stereocenters. The lowest BCUT2D eigenvalue weighted by Crippen LogP contribution is -2.40. The summed E-state index contributed by atoms with van der Waals surface area (Å²) in [6, 6.07) is 5.33. The van der Waals surface area contributed by atoms with E-state index in [2.05, 4.69) is 52.1 Å². The van der Waals surface area contributed by atoms with E-state index in [4.69, 9.17) is 0 Å². The maximum atomic E-state index is 3.79. The molecule has 0 aromatic heterocycles. The third-order valence-electron chi connectivity index (χ3n) is 5.28. The third kappa shape index (κ3) is 4.32. The van der Waals surface area contributed by atoms with E-state index in [0.29, 0.717) is 6.04 Å². The maximum absolute atomic E-state index is 3.79. The van der Waals surface area contributed by atoms with E-state index >= 15 is 0 Å². The highest BCUT2D eigenvalue weighted by molar-refractivity contribution is 5.38. The van der Waals surface area contributed by atoms with Crippen LogP contribution in [0.2, 0.25) is 0 Å². The molecule has 118 valence electrons. The molecule has 0 spiro atoms. The molecular formula is C20H33N. The SMILES string of the molecule is CCNC(Cc1c(C)cc(C)cc1C)C1CCCC(C)C1. The van der Waals surface area contributed by atoms with Crippen molar-refractivity contribution in [1.82, 2.24) is 5.32 Å². The van der Waals surface area contributed by atoms with E-state index in [-0.39, 0.29) is 0 Å². The normalized spacial score (nSPS) is 24.0. The first-order valence-corrected chi connectivity index (χ1v) is 8.81. The van der Waals surface area contributed by atoms with Crippen LogP contribution < -0.4 is 5.32 Å². The summed E-state index contributed by atoms with van der Waals surface area (Å²) in [6.45, 7) is 12.5. The summed E-state index contributed by atoms with van der Waals surface area (Å²) in [7, 11) is 0. The molecule has 1 N–H and O–H groups in total. The van der Waals surface area contributed by atoms with Crippen molar-refractivity contribution in [2.75, 3.05) is 6.54 Å². The number of aryl methyl sites for hydroxylation is 3. The van der Waals surface area contributed by atoms with Crippen molar-refractivity contribution < 1.29 is 0 Å². The molecule has 0 bridgehead atoms. The summed E-state index contributed by atoms with van der Waals surface area (Å²) in [6.07, 6.45) is 6.86. The first-order chi connectivity index (χ1) is 10.0. The summed E-state index contributed by atoms with van der Waals surface area (Å²) >= 11 is 0. The topological polar surface area (TPSA) is 12.0 Å². The molecule has 0 saturated heterocycles. The smallest absolute Gasteiger partial charge is 0.0136 e. The highest BCUT2D eigenvalue weighted by Crippen LogP contribution is 2.32. The van der Waals surface area contributed by atoms with Gasteiger partial charge in [0.15, 0.2) is 0 Å². The van der Waals surface area contributed by atoms with E-state index in [0.717, 1.165) is 18.4 Å². The molecule has 0 amide bonds. The van der Waals surface area contributed by atoms with Gasteiger partial charge in [-0.05, 0) is 75.1 Å². The standard InChI is InChI=1S/C20H33N/c1-6-21-20(18-9-7-8-14(2)12-18)13-19-16(4)10-15(3)11-17(19)5/h10-11,14,18,20-21H,6-9,12-13H2,1-5H3. The molecule has 0 heterocycles. The molecule has 1 aromatic rings. The zero-order valence-electron chi connectivity index (χ0n) is 14.6. The largest absolute Gasteiger partial charge is 0.314 e. The first kappa shape index (κ1) is 16.5. The Balaban J connectivity index is 2.16. The molecule has 2 rings (SSSR count). The Hall–Kier alpha value is -0.820. The van der Waals surface area contributed by atoms with E-state index in [1.54, 1.807) is 5.56 Å². The fraction of sp³-hybridized carbons (Fsp3) is 0.700. The Morgan fingerprint density at radius 1 is 1.14 bits per heavy atom. The van der Waals surface area contributed by atoms with Gasteiger partial charge in [0.1, 0.15) is 0 Å². The van der Waals surface area contributed by atoms with Gasteiger partial charge in [-0.3, -0.25) is 0 Å². The quantitative estimate of drug-likeness (QED) is 0.807. The molecule has 0 aliphatic heterocycles. The predicted octanol–water partition coefficient (Wildman–Crippen LogP) is 4.96. The number of hydrogen-bond acceptors (Lipinski definition) is 1. The number of nitrogens with one attached hydrogen (secondary N) is 1. The predicted molar refractivity (Wildman–Crippen MR) is 92.9 cm³/mol. The Kier molecular flexibility index (Phi) is 5.87. The van der Waals surface area contributed by atoms with Crippen molar-refractivity contribution in [3.05, 3.63) is 34.4 Å². The van der Waals surface area contributed by atoms with Crippen molar-refractivity contribution in [2.45, 2.75) is 72.8 Å². The molecule has 1 fully saturated rings. The molecule has 1 heteroatoms. The lowest BCUT2D eigenvalue weighted by atomic mass is 9.76. The van der Waals surface area contributed by atoms with E-state index < -0.39 is 0 Å². The zero-order valence-corrected chi connectivity index (χ0v) is 14.6. The van der Waals surface area contributed by atoms with Gasteiger partial charge < -0.3 is 5.32 Å². The van der Waals surface area contributed by atoms with Gasteiger partial charge in [0.2, 0.25) is 0 Å². The lowest BCUT2D eigenvalue weighted by molar-refractivity contribution is 0.222. The summed E-state index contributed by atoms with van der Waals surface area (Å²) in [5.41, 5.74) is 5.91. The minimum absolute atomic E-state index is 0.651. The van der Waals surface area contributed by atoms with Gasteiger partial charge in [-0.2, -0.15) is 0 Å². The molecule has 0 radical (unpaired) electrons. The van der Waals surface area contributed by atoms with Crippen LogP contribution in [0.5, 0.6) is 0 Å². The molecule has 21 heavy (non-hydrogen) atoms. The lowest BCUT2D eigenvalue weighted by Gasteiger charge is -2.34. The Morgan fingerprint density at radius 3 is 2.38 bits per heavy atom. The van der Waals surface area contributed by atoms with Crippen LogP contribution in [0.4, 0.5) is 0 Å². The number of likely N-dealkylation sites (N-methyl/N-ethyl adjacent to an activating group) is 1. The molecule has 1 nitrogen and oxygen atoms in total. The summed E-state index contributed by atoms with van der Waals surface area (Å²) < 4.78 is 0. The van der Waals surface area contributed by atoms with Gasteiger partial charge in [-0.1, -0.05) is 44.4 Å². The molecule has 1 saturated carbocycles. The zero-order chi connectivity index (χ0) is 15.4. The first-order valence-electron chi connectivity index (χ1n) is 8.81. The van der Waals surface area contributed by atoms with E-state index in [9.17, 15) is 0 Å². The van der Waals surface area contributed by atoms with Gasteiger partial charge in [0.05, 0.1) is 0 Å². The van der Waals surface area contributed by atoms with Gasteiger partial charge in [0, 0.05) is 6.04 Å². The van der Waals surface area contributed by atoms with Crippen LogP contribution in [0.15, 0.2) is 12.1 Å². The van der Waals surface area contributed by atoms with Crippen LogP contribution in [0.3, 0.4) is 0 Å². The van der Waals surface area contributed by atoms with Gasteiger partial charge >= 0.3 is 0 Å². The van der Waals surface area contributed by atoms with Crippen molar-refractivity contribution in [3.63, 3.8) is 0 Å². The minimum Gasteiger partial charge on any atom is -0.314 e. The van der Waals surface area contributed by atoms with Crippen LogP contribution in [-0.2, 0) is 6.42 Å². The Labute approximate surface area is 131 Å². The highest BCUT2D eigenvalue weighted by Gasteiger charge is 2.27. The van der Waals surface area contributed by atoms with Crippen LogP contribution in [0.25, 0.3) is 0 Å². The second-order valence-corrected chi connectivity index (χ2v) is 7.28. The maximum Gasteiger partial charge on any atom is 0.0136 e. The van der Waals surface area contributed by atoms with Gasteiger partial charge in [0.25, 0.3) is 0 Å². The van der Waals surface area contributed by atoms with Gasteiger partial charge in [-0.25, -0.2) is 0 Å². The Bertz CT molecular complexity index is 440. The third-order valence-corrected chi connectivity index (χ3v) is 5.28. The molecule has 1 aliphatic carbocycles. The fourth-order valence-electron chi connectivity index (χ4n) is 4.27. The molecular weight excluding hydrogens is 254 g/mol. The minimum atomic E-state index is 0.651. The average molecular weight is 287 g/mol. The van der Waals surface area contributed by atoms with Gasteiger partial charge in [-0.15, -0.1) is 0 Å². The van der Waals surface area contributed by atoms with Crippen molar-refractivity contribution in [3.8, 4) is 0 Å². The van der Waals surface area contributed by atoms with Crippen LogP contribution in [-0.4, -0.2) is 12.6 Å². The van der Waals surface area contributed by atoms with Crippen LogP contribution in [0, 0.1) is 32.6 Å². The Morgan fingerprint density at radius 2 is 1.81 bits per heavy atom. The van der Waals surface area contributed by atoms with Crippen molar-refractivity contribution in [2.24, 2.45) is 11.8 Å². The molecule has 3 atom stereocenters. The second kappa shape index (κ2) is 7.45. The fourth-order valence-corrected chi connectivity index (χ4v) is 4.27. The molecule has 1 aliphatic rings. The second-order valence-electron chi connectivity index (χ2n) is 7.28. The van der Waals surface area contributed by atoms with Crippen LogP contribution in [0.1, 0.15) is 61.8 Å². The summed E-state index contributed by atoms with van der Waals surface area (Å²) in [5, 5.41) is 3.79.